The molecule has 0 aliphatic rings. The smallest absolute Gasteiger partial charge is 0.284 e. The van der Waals surface area contributed by atoms with Crippen LogP contribution in [0.2, 0.25) is 0 Å². The van der Waals surface area contributed by atoms with Crippen LogP contribution in [0.15, 0.2) is 29.2 Å². The lowest BCUT2D eigenvalue weighted by Crippen LogP contribution is -2.41. The largest absolute Gasteiger partial charge is 0.342 e. The predicted molar refractivity (Wildman–Crippen MR) is 86.7 cm³/mol. The summed E-state index contributed by atoms with van der Waals surface area (Å²) in [7, 11) is 0. The van der Waals surface area contributed by atoms with E-state index in [2.05, 4.69) is 10.6 Å². The highest BCUT2D eigenvalue weighted by Crippen LogP contribution is 2.24. The van der Waals surface area contributed by atoms with Crippen LogP contribution in [-0.2, 0) is 4.79 Å². The fourth-order valence-corrected chi connectivity index (χ4v) is 2.44. The molecule has 7 heteroatoms. The lowest BCUT2D eigenvalue weighted by atomic mass is 10.1. The Bertz CT molecular complexity index is 580. The van der Waals surface area contributed by atoms with E-state index < -0.39 is 17.9 Å². The highest BCUT2D eigenvalue weighted by molar-refractivity contribution is 8.13. The molecule has 0 aliphatic carbocycles. The van der Waals surface area contributed by atoms with Crippen molar-refractivity contribution in [3.8, 4) is 0 Å². The molecular weight excluding hydrogens is 302 g/mol. The second-order valence-corrected chi connectivity index (χ2v) is 6.88. The second kappa shape index (κ2) is 7.42. The van der Waals surface area contributed by atoms with Crippen molar-refractivity contribution in [1.29, 1.82) is 0 Å². The number of nitrogens with one attached hydrogen (secondary N) is 2. The van der Waals surface area contributed by atoms with Crippen LogP contribution in [0, 0.1) is 0 Å². The Kier molecular flexibility index (Phi) is 6.13. The van der Waals surface area contributed by atoms with Crippen molar-refractivity contribution in [1.82, 2.24) is 10.6 Å². The van der Waals surface area contributed by atoms with Crippen molar-refractivity contribution in [2.75, 3.05) is 0 Å². The highest BCUT2D eigenvalue weighted by Gasteiger charge is 2.20. The number of hydrogen-bond acceptors (Lipinski definition) is 5. The molecule has 0 heterocycles. The molecule has 0 unspecified atom stereocenters. The van der Waals surface area contributed by atoms with Crippen LogP contribution in [0.4, 0.5) is 4.79 Å². The Morgan fingerprint density at radius 3 is 2.32 bits per heavy atom. The summed E-state index contributed by atoms with van der Waals surface area (Å²) in [5, 5.41) is 4.74. The molecule has 1 rings (SSSR count). The van der Waals surface area contributed by atoms with Gasteiger partial charge in [0.05, 0.1) is 11.6 Å². The summed E-state index contributed by atoms with van der Waals surface area (Å²) in [4.78, 5) is 36.1. The van der Waals surface area contributed by atoms with Crippen LogP contribution in [0.1, 0.15) is 38.1 Å². The molecule has 0 radical (unpaired) electrons. The van der Waals surface area contributed by atoms with Crippen molar-refractivity contribution in [2.45, 2.75) is 44.2 Å². The van der Waals surface area contributed by atoms with E-state index in [4.69, 9.17) is 5.73 Å². The molecule has 120 valence electrons. The monoisotopic (exact) mass is 323 g/mol. The number of benzene rings is 1. The van der Waals surface area contributed by atoms with Gasteiger partial charge in [-0.15, -0.1) is 0 Å². The Hall–Kier alpha value is -1.86. The maximum atomic E-state index is 12.1. The van der Waals surface area contributed by atoms with Gasteiger partial charge in [-0.05, 0) is 51.6 Å². The zero-order valence-corrected chi connectivity index (χ0v) is 13.9. The van der Waals surface area contributed by atoms with Crippen LogP contribution < -0.4 is 16.4 Å². The van der Waals surface area contributed by atoms with E-state index in [9.17, 15) is 14.4 Å². The molecule has 1 atom stereocenters. The van der Waals surface area contributed by atoms with Gasteiger partial charge in [0, 0.05) is 10.4 Å². The SMILES string of the molecule is C[C@@H](N)C(=O)NC(=O)c1ccccc1SC(=O)NC(C)(C)C. The van der Waals surface area contributed by atoms with E-state index in [1.54, 1.807) is 24.3 Å². The first-order valence-electron chi connectivity index (χ1n) is 6.80. The topological polar surface area (TPSA) is 101 Å². The molecule has 4 N–H and O–H groups in total. The fourth-order valence-electron chi connectivity index (χ4n) is 1.47. The van der Waals surface area contributed by atoms with Gasteiger partial charge in [-0.2, -0.15) is 0 Å². The van der Waals surface area contributed by atoms with Crippen LogP contribution in [-0.4, -0.2) is 28.6 Å². The van der Waals surface area contributed by atoms with Crippen LogP contribution >= 0.6 is 11.8 Å². The molecule has 0 saturated carbocycles. The highest BCUT2D eigenvalue weighted by atomic mass is 32.2. The maximum absolute atomic E-state index is 12.1. The normalized spacial score (nSPS) is 12.4. The van der Waals surface area contributed by atoms with Gasteiger partial charge in [0.2, 0.25) is 5.91 Å². The minimum absolute atomic E-state index is 0.255. The Balaban J connectivity index is 2.88. The number of amides is 3. The summed E-state index contributed by atoms with van der Waals surface area (Å²) in [6.07, 6.45) is 0. The number of carbonyl (C=O) groups excluding carboxylic acids is 3. The third-order valence-electron chi connectivity index (χ3n) is 2.46. The van der Waals surface area contributed by atoms with Gasteiger partial charge in [0.25, 0.3) is 11.1 Å². The molecule has 0 saturated heterocycles. The van der Waals surface area contributed by atoms with E-state index in [1.165, 1.54) is 6.92 Å². The number of nitrogens with two attached hydrogens (primary N) is 1. The summed E-state index contributed by atoms with van der Waals surface area (Å²) in [5.74, 6) is -1.14. The average Bonchev–Trinajstić information content (AvgIpc) is 2.36. The molecule has 6 nitrogen and oxygen atoms in total. The molecule has 3 amide bonds. The van der Waals surface area contributed by atoms with Crippen molar-refractivity contribution in [3.05, 3.63) is 29.8 Å². The minimum Gasteiger partial charge on any atom is -0.342 e. The average molecular weight is 323 g/mol. The number of rotatable bonds is 3. The Morgan fingerprint density at radius 1 is 1.18 bits per heavy atom. The van der Waals surface area contributed by atoms with E-state index >= 15 is 0 Å². The van der Waals surface area contributed by atoms with Gasteiger partial charge in [0.1, 0.15) is 0 Å². The standard InChI is InChI=1S/C15H21N3O3S/c1-9(16)12(19)17-13(20)10-7-5-6-8-11(10)22-14(21)18-15(2,3)4/h5-9H,16H2,1-4H3,(H,18,21)(H,17,19,20)/t9-/m1/s1. The van der Waals surface area contributed by atoms with E-state index in [-0.39, 0.29) is 16.3 Å². The molecule has 1 aromatic rings. The molecule has 0 spiro atoms. The van der Waals surface area contributed by atoms with E-state index in [0.29, 0.717) is 4.90 Å². The van der Waals surface area contributed by atoms with Gasteiger partial charge in [-0.25, -0.2) is 0 Å². The molecule has 1 aromatic carbocycles. The zero-order chi connectivity index (χ0) is 16.9. The third kappa shape index (κ3) is 5.87. The van der Waals surface area contributed by atoms with Crippen LogP contribution in [0.3, 0.4) is 0 Å². The summed E-state index contributed by atoms with van der Waals surface area (Å²) in [5.41, 5.74) is 5.30. The number of imide groups is 1. The molecule has 0 fully saturated rings. The summed E-state index contributed by atoms with van der Waals surface area (Å²) in [6, 6.07) is 5.80. The summed E-state index contributed by atoms with van der Waals surface area (Å²) >= 11 is 0.907. The molecular formula is C15H21N3O3S. The first-order chi connectivity index (χ1) is 10.1. The van der Waals surface area contributed by atoms with Crippen LogP contribution in [0.5, 0.6) is 0 Å². The van der Waals surface area contributed by atoms with Gasteiger partial charge in [-0.3, -0.25) is 19.7 Å². The molecule has 22 heavy (non-hydrogen) atoms. The predicted octanol–water partition coefficient (Wildman–Crippen LogP) is 1.89. The van der Waals surface area contributed by atoms with Gasteiger partial charge in [0.15, 0.2) is 0 Å². The molecule has 0 aromatic heterocycles. The number of thioether (sulfide) groups is 1. The fraction of sp³-hybridized carbons (Fsp3) is 0.400. The van der Waals surface area contributed by atoms with Gasteiger partial charge < -0.3 is 11.1 Å². The van der Waals surface area contributed by atoms with Gasteiger partial charge >= 0.3 is 0 Å². The van der Waals surface area contributed by atoms with Crippen molar-refractivity contribution >= 4 is 28.8 Å². The van der Waals surface area contributed by atoms with Crippen LogP contribution in [0.25, 0.3) is 0 Å². The number of hydrogen-bond donors (Lipinski definition) is 3. The first kappa shape index (κ1) is 18.2. The van der Waals surface area contributed by atoms with E-state index in [0.717, 1.165) is 11.8 Å². The summed E-state index contributed by atoms with van der Waals surface area (Å²) in [6.45, 7) is 7.09. The van der Waals surface area contributed by atoms with Crippen molar-refractivity contribution < 1.29 is 14.4 Å². The Labute approximate surface area is 134 Å². The zero-order valence-electron chi connectivity index (χ0n) is 13.1. The molecule has 0 bridgehead atoms. The summed E-state index contributed by atoms with van der Waals surface area (Å²) < 4.78 is 0. The van der Waals surface area contributed by atoms with E-state index in [1.807, 2.05) is 20.8 Å². The van der Waals surface area contributed by atoms with Crippen molar-refractivity contribution in [2.24, 2.45) is 5.73 Å². The van der Waals surface area contributed by atoms with Crippen molar-refractivity contribution in [3.63, 3.8) is 0 Å². The first-order valence-corrected chi connectivity index (χ1v) is 7.61. The molecule has 0 aliphatic heterocycles. The van der Waals surface area contributed by atoms with Gasteiger partial charge in [-0.1, -0.05) is 12.1 Å². The third-order valence-corrected chi connectivity index (χ3v) is 3.33. The maximum Gasteiger partial charge on any atom is 0.284 e. The lowest BCUT2D eigenvalue weighted by molar-refractivity contribution is -0.121. The minimum atomic E-state index is -0.784. The second-order valence-electron chi connectivity index (χ2n) is 5.87. The quantitative estimate of drug-likeness (QED) is 0.737. The Morgan fingerprint density at radius 2 is 1.77 bits per heavy atom. The number of carbonyl (C=O) groups is 3. The lowest BCUT2D eigenvalue weighted by Gasteiger charge is -2.20.